The number of halogens is 1. The summed E-state index contributed by atoms with van der Waals surface area (Å²) in [5, 5.41) is 3.59. The zero-order chi connectivity index (χ0) is 27.0. The van der Waals surface area contributed by atoms with Crippen molar-refractivity contribution < 1.29 is 22.7 Å². The van der Waals surface area contributed by atoms with E-state index in [1.54, 1.807) is 43.2 Å². The molecule has 1 aliphatic rings. The minimum absolute atomic E-state index is 0.0941. The molecule has 3 rings (SSSR count). The van der Waals surface area contributed by atoms with Crippen molar-refractivity contribution in [1.29, 1.82) is 0 Å². The van der Waals surface area contributed by atoms with Gasteiger partial charge < -0.3 is 15.0 Å². The van der Waals surface area contributed by atoms with Gasteiger partial charge in [-0.2, -0.15) is 0 Å². The molecule has 1 saturated carbocycles. The van der Waals surface area contributed by atoms with Crippen molar-refractivity contribution in [2.75, 3.05) is 24.2 Å². The van der Waals surface area contributed by atoms with E-state index >= 15 is 0 Å². The van der Waals surface area contributed by atoms with Crippen molar-refractivity contribution >= 4 is 39.1 Å². The Bertz CT molecular complexity index is 1150. The smallest absolute Gasteiger partial charge is 0.242 e. The molecule has 0 saturated heterocycles. The van der Waals surface area contributed by atoms with Crippen molar-refractivity contribution in [3.8, 4) is 5.75 Å². The number of benzene rings is 2. The summed E-state index contributed by atoms with van der Waals surface area (Å²) < 4.78 is 31.3. The number of hydrogen-bond acceptors (Lipinski definition) is 5. The quantitative estimate of drug-likeness (QED) is 0.424. The van der Waals surface area contributed by atoms with E-state index < -0.39 is 16.1 Å². The van der Waals surface area contributed by atoms with Gasteiger partial charge in [0.05, 0.1) is 19.1 Å². The Kier molecular flexibility index (Phi) is 10.2. The Morgan fingerprint density at radius 3 is 2.27 bits per heavy atom. The van der Waals surface area contributed by atoms with E-state index in [1.807, 2.05) is 24.3 Å². The van der Waals surface area contributed by atoms with Gasteiger partial charge in [-0.05, 0) is 68.1 Å². The van der Waals surface area contributed by atoms with Crippen LogP contribution in [-0.2, 0) is 26.2 Å². The Balaban J connectivity index is 1.71. The van der Waals surface area contributed by atoms with Gasteiger partial charge in [0.1, 0.15) is 11.8 Å². The van der Waals surface area contributed by atoms with E-state index in [4.69, 9.17) is 16.3 Å². The Morgan fingerprint density at radius 1 is 1.08 bits per heavy atom. The highest BCUT2D eigenvalue weighted by atomic mass is 35.5. The minimum Gasteiger partial charge on any atom is -0.497 e. The summed E-state index contributed by atoms with van der Waals surface area (Å²) in [6, 6.07) is 13.4. The van der Waals surface area contributed by atoms with Crippen LogP contribution in [0.2, 0.25) is 5.02 Å². The Morgan fingerprint density at radius 2 is 1.70 bits per heavy atom. The van der Waals surface area contributed by atoms with Gasteiger partial charge in [-0.15, -0.1) is 0 Å². The molecule has 0 spiro atoms. The lowest BCUT2D eigenvalue weighted by atomic mass is 10.1. The SMILES string of the molecule is COc1ccc(CN(C(=O)CCCN(c2ccc(Cl)cc2)S(C)(=O)=O)[C@H](C)C(=O)NC2CCCC2)cc1. The number of hydrogen-bond donors (Lipinski definition) is 1. The molecule has 0 unspecified atom stereocenters. The van der Waals surface area contributed by atoms with Gasteiger partial charge in [0.15, 0.2) is 0 Å². The lowest BCUT2D eigenvalue weighted by Gasteiger charge is -2.30. The number of carbonyl (C=O) groups is 2. The van der Waals surface area contributed by atoms with E-state index in [9.17, 15) is 18.0 Å². The van der Waals surface area contributed by atoms with Gasteiger partial charge in [0, 0.05) is 30.6 Å². The van der Waals surface area contributed by atoms with E-state index in [0.717, 1.165) is 37.5 Å². The lowest BCUT2D eigenvalue weighted by molar-refractivity contribution is -0.141. The number of anilines is 1. The first-order chi connectivity index (χ1) is 17.6. The van der Waals surface area contributed by atoms with Gasteiger partial charge in [0.25, 0.3) is 0 Å². The molecule has 1 fully saturated rings. The van der Waals surface area contributed by atoms with Crippen LogP contribution in [0.5, 0.6) is 5.75 Å². The molecule has 202 valence electrons. The van der Waals surface area contributed by atoms with E-state index in [2.05, 4.69) is 5.32 Å². The zero-order valence-electron chi connectivity index (χ0n) is 21.7. The third kappa shape index (κ3) is 8.36. The lowest BCUT2D eigenvalue weighted by Crippen LogP contribution is -2.49. The normalized spacial score (nSPS) is 14.7. The number of nitrogens with zero attached hydrogens (tertiary/aromatic N) is 2. The molecule has 2 aromatic carbocycles. The third-order valence-electron chi connectivity index (χ3n) is 6.65. The number of ether oxygens (including phenoxy) is 1. The van der Waals surface area contributed by atoms with Crippen molar-refractivity contribution in [3.63, 3.8) is 0 Å². The van der Waals surface area contributed by atoms with E-state index in [0.29, 0.717) is 22.9 Å². The monoisotopic (exact) mass is 549 g/mol. The molecule has 0 aliphatic heterocycles. The van der Waals surface area contributed by atoms with Crippen LogP contribution in [0.1, 0.15) is 51.0 Å². The number of methoxy groups -OCH3 is 1. The summed E-state index contributed by atoms with van der Waals surface area (Å²) in [6.45, 7) is 2.13. The first-order valence-electron chi connectivity index (χ1n) is 12.5. The van der Waals surface area contributed by atoms with Crippen LogP contribution in [0.3, 0.4) is 0 Å². The Labute approximate surface area is 225 Å². The maximum absolute atomic E-state index is 13.4. The minimum atomic E-state index is -3.56. The van der Waals surface area contributed by atoms with E-state index in [-0.39, 0.29) is 37.4 Å². The summed E-state index contributed by atoms with van der Waals surface area (Å²) in [5.41, 5.74) is 1.35. The summed E-state index contributed by atoms with van der Waals surface area (Å²) in [4.78, 5) is 28.0. The molecule has 10 heteroatoms. The van der Waals surface area contributed by atoms with Crippen LogP contribution in [0.25, 0.3) is 0 Å². The Hall–Kier alpha value is -2.78. The summed E-state index contributed by atoms with van der Waals surface area (Å²) in [5.74, 6) is 0.318. The number of rotatable bonds is 12. The largest absolute Gasteiger partial charge is 0.497 e. The van der Waals surface area contributed by atoms with Crippen molar-refractivity contribution in [1.82, 2.24) is 10.2 Å². The van der Waals surface area contributed by atoms with Crippen molar-refractivity contribution in [2.24, 2.45) is 0 Å². The topological polar surface area (TPSA) is 96.0 Å². The van der Waals surface area contributed by atoms with Gasteiger partial charge in [-0.25, -0.2) is 8.42 Å². The summed E-state index contributed by atoms with van der Waals surface area (Å²) in [6.07, 6.45) is 5.63. The first kappa shape index (κ1) is 28.8. The van der Waals surface area contributed by atoms with Crippen LogP contribution < -0.4 is 14.4 Å². The molecule has 1 aliphatic carbocycles. The number of amides is 2. The standard InChI is InChI=1S/C27H36ClN3O5S/c1-20(27(33)29-23-7-4-5-8-23)30(19-21-10-16-25(36-2)17-11-21)26(32)9-6-18-31(37(3,34)35)24-14-12-22(28)13-15-24/h10-17,20,23H,4-9,18-19H2,1-3H3,(H,29,33)/t20-/m1/s1. The fourth-order valence-electron chi connectivity index (χ4n) is 4.51. The molecular weight excluding hydrogens is 514 g/mol. The molecule has 0 bridgehead atoms. The van der Waals surface area contributed by atoms with Crippen LogP contribution in [-0.4, -0.2) is 57.1 Å². The second kappa shape index (κ2) is 13.1. The molecule has 8 nitrogen and oxygen atoms in total. The number of nitrogens with one attached hydrogen (secondary N) is 1. The third-order valence-corrected chi connectivity index (χ3v) is 8.09. The predicted molar refractivity (Wildman–Crippen MR) is 146 cm³/mol. The molecular formula is C27H36ClN3O5S. The fourth-order valence-corrected chi connectivity index (χ4v) is 5.60. The van der Waals surface area contributed by atoms with Gasteiger partial charge in [0.2, 0.25) is 21.8 Å². The molecule has 1 N–H and O–H groups in total. The maximum Gasteiger partial charge on any atom is 0.242 e. The average molecular weight is 550 g/mol. The van der Waals surface area contributed by atoms with E-state index in [1.165, 1.54) is 4.31 Å². The molecule has 2 aromatic rings. The molecule has 37 heavy (non-hydrogen) atoms. The second-order valence-electron chi connectivity index (χ2n) is 9.45. The summed E-state index contributed by atoms with van der Waals surface area (Å²) >= 11 is 5.95. The zero-order valence-corrected chi connectivity index (χ0v) is 23.2. The van der Waals surface area contributed by atoms with Crippen molar-refractivity contribution in [3.05, 3.63) is 59.1 Å². The molecule has 2 amide bonds. The molecule has 0 aromatic heterocycles. The predicted octanol–water partition coefficient (Wildman–Crippen LogP) is 4.37. The van der Waals surface area contributed by atoms with Crippen LogP contribution >= 0.6 is 11.6 Å². The molecule has 0 heterocycles. The summed E-state index contributed by atoms with van der Waals surface area (Å²) in [7, 11) is -1.97. The maximum atomic E-state index is 13.4. The van der Waals surface area contributed by atoms with Crippen LogP contribution in [0.15, 0.2) is 48.5 Å². The second-order valence-corrected chi connectivity index (χ2v) is 11.8. The van der Waals surface area contributed by atoms with Crippen LogP contribution in [0, 0.1) is 0 Å². The first-order valence-corrected chi connectivity index (χ1v) is 14.8. The molecule has 1 atom stereocenters. The van der Waals surface area contributed by atoms with Crippen molar-refractivity contribution in [2.45, 2.75) is 64.1 Å². The van der Waals surface area contributed by atoms with Gasteiger partial charge >= 0.3 is 0 Å². The van der Waals surface area contributed by atoms with Gasteiger partial charge in [-0.3, -0.25) is 13.9 Å². The highest BCUT2D eigenvalue weighted by Crippen LogP contribution is 2.22. The fraction of sp³-hybridized carbons (Fsp3) is 0.481. The number of sulfonamides is 1. The number of carbonyl (C=O) groups excluding carboxylic acids is 2. The highest BCUT2D eigenvalue weighted by Gasteiger charge is 2.28. The van der Waals surface area contributed by atoms with Crippen LogP contribution in [0.4, 0.5) is 5.69 Å². The average Bonchev–Trinajstić information content (AvgIpc) is 3.38. The molecule has 0 radical (unpaired) electrons. The van der Waals surface area contributed by atoms with Gasteiger partial charge in [-0.1, -0.05) is 36.6 Å². The highest BCUT2D eigenvalue weighted by molar-refractivity contribution is 7.92.